The van der Waals surface area contributed by atoms with Gasteiger partial charge in [0.05, 0.1) is 11.2 Å². The number of benzene rings is 2. The Hall–Kier alpha value is -4.03. The van der Waals surface area contributed by atoms with Crippen molar-refractivity contribution >= 4 is 28.4 Å². The minimum Gasteiger partial charge on any atom is -0.350 e. The van der Waals surface area contributed by atoms with E-state index in [1.807, 2.05) is 72.9 Å². The largest absolute Gasteiger partial charge is 0.350 e. The van der Waals surface area contributed by atoms with Crippen LogP contribution in [0.1, 0.15) is 5.56 Å². The molecule has 0 aliphatic rings. The molecule has 0 bridgehead atoms. The number of carbonyl (C=O) groups is 1. The average Bonchev–Trinajstić information content (AvgIpc) is 3.26. The second-order valence-electron chi connectivity index (χ2n) is 7.59. The van der Waals surface area contributed by atoms with E-state index in [9.17, 15) is 4.79 Å². The zero-order chi connectivity index (χ0) is 22.6. The standard InChI is InChI=1S/C26H20ClN5O/c27-19-7-5-6-18(14-19)15-30-25(33)17-32-16-22(26(31-32)24-10-3-4-12-28-24)20-11-13-29-23-9-2-1-8-21(20)23/h1-14,16H,15,17H2,(H,30,33). The van der Waals surface area contributed by atoms with Crippen LogP contribution in [0, 0.1) is 0 Å². The van der Waals surface area contributed by atoms with Gasteiger partial charge in [-0.3, -0.25) is 19.4 Å². The van der Waals surface area contributed by atoms with Crippen LogP contribution in [0.4, 0.5) is 0 Å². The summed E-state index contributed by atoms with van der Waals surface area (Å²) in [6.45, 7) is 0.485. The number of nitrogens with one attached hydrogen (secondary N) is 1. The molecule has 0 saturated heterocycles. The maximum atomic E-state index is 12.6. The number of halogens is 1. The van der Waals surface area contributed by atoms with Crippen LogP contribution >= 0.6 is 11.6 Å². The van der Waals surface area contributed by atoms with E-state index in [2.05, 4.69) is 15.3 Å². The van der Waals surface area contributed by atoms with Gasteiger partial charge in [0.1, 0.15) is 12.2 Å². The van der Waals surface area contributed by atoms with Crippen molar-refractivity contribution in [1.82, 2.24) is 25.1 Å². The summed E-state index contributed by atoms with van der Waals surface area (Å²) in [6, 6.07) is 23.1. The third-order valence-corrected chi connectivity index (χ3v) is 5.53. The first-order valence-electron chi connectivity index (χ1n) is 10.5. The predicted molar refractivity (Wildman–Crippen MR) is 129 cm³/mol. The van der Waals surface area contributed by atoms with Gasteiger partial charge in [-0.2, -0.15) is 5.10 Å². The Morgan fingerprint density at radius 2 is 1.79 bits per heavy atom. The number of hydrogen-bond acceptors (Lipinski definition) is 4. The quantitative estimate of drug-likeness (QED) is 0.387. The highest BCUT2D eigenvalue weighted by molar-refractivity contribution is 6.30. The van der Waals surface area contributed by atoms with E-state index in [0.717, 1.165) is 39.0 Å². The predicted octanol–water partition coefficient (Wildman–Crippen LogP) is 5.13. The van der Waals surface area contributed by atoms with Gasteiger partial charge in [-0.05, 0) is 47.5 Å². The van der Waals surface area contributed by atoms with E-state index < -0.39 is 0 Å². The van der Waals surface area contributed by atoms with Crippen molar-refractivity contribution in [1.29, 1.82) is 0 Å². The molecule has 3 heterocycles. The molecule has 7 heteroatoms. The van der Waals surface area contributed by atoms with Crippen LogP contribution in [-0.4, -0.2) is 25.7 Å². The van der Waals surface area contributed by atoms with Gasteiger partial charge in [0.2, 0.25) is 5.91 Å². The van der Waals surface area contributed by atoms with Gasteiger partial charge in [-0.25, -0.2) is 0 Å². The van der Waals surface area contributed by atoms with Gasteiger partial charge in [0.25, 0.3) is 0 Å². The van der Waals surface area contributed by atoms with E-state index in [4.69, 9.17) is 16.7 Å². The third kappa shape index (κ3) is 4.61. The summed E-state index contributed by atoms with van der Waals surface area (Å²) in [4.78, 5) is 21.6. The van der Waals surface area contributed by atoms with Crippen molar-refractivity contribution in [2.24, 2.45) is 0 Å². The Balaban J connectivity index is 1.47. The zero-order valence-electron chi connectivity index (χ0n) is 17.6. The Bertz CT molecular complexity index is 1430. The summed E-state index contributed by atoms with van der Waals surface area (Å²) in [6.07, 6.45) is 5.42. The maximum absolute atomic E-state index is 12.6. The van der Waals surface area contributed by atoms with Gasteiger partial charge in [0, 0.05) is 41.1 Å². The molecule has 3 aromatic heterocycles. The third-order valence-electron chi connectivity index (χ3n) is 5.29. The molecule has 1 N–H and O–H groups in total. The Kier molecular flexibility index (Phi) is 5.83. The van der Waals surface area contributed by atoms with E-state index in [-0.39, 0.29) is 12.5 Å². The molecule has 5 aromatic rings. The van der Waals surface area contributed by atoms with E-state index in [1.54, 1.807) is 23.1 Å². The SMILES string of the molecule is O=C(Cn1cc(-c2ccnc3ccccc23)c(-c2ccccn2)n1)NCc1cccc(Cl)c1. The van der Waals surface area contributed by atoms with Crippen molar-refractivity contribution in [3.8, 4) is 22.5 Å². The monoisotopic (exact) mass is 453 g/mol. The molecule has 162 valence electrons. The van der Waals surface area contributed by atoms with Gasteiger partial charge >= 0.3 is 0 Å². The molecule has 33 heavy (non-hydrogen) atoms. The van der Waals surface area contributed by atoms with Gasteiger partial charge in [-0.1, -0.05) is 48.0 Å². The van der Waals surface area contributed by atoms with Crippen LogP contribution in [0.2, 0.25) is 5.02 Å². The molecular formula is C26H20ClN5O. The first-order valence-corrected chi connectivity index (χ1v) is 10.9. The topological polar surface area (TPSA) is 72.7 Å². The lowest BCUT2D eigenvalue weighted by molar-refractivity contribution is -0.122. The van der Waals surface area contributed by atoms with Crippen LogP contribution in [0.5, 0.6) is 0 Å². The number of nitrogens with zero attached hydrogens (tertiary/aromatic N) is 4. The second kappa shape index (κ2) is 9.22. The number of amides is 1. The lowest BCUT2D eigenvalue weighted by Gasteiger charge is -2.06. The molecule has 0 radical (unpaired) electrons. The smallest absolute Gasteiger partial charge is 0.241 e. The molecule has 2 aromatic carbocycles. The zero-order valence-corrected chi connectivity index (χ0v) is 18.4. The van der Waals surface area contributed by atoms with Crippen molar-refractivity contribution in [3.05, 3.63) is 102 Å². The second-order valence-corrected chi connectivity index (χ2v) is 8.02. The normalized spacial score (nSPS) is 10.9. The molecule has 6 nitrogen and oxygen atoms in total. The van der Waals surface area contributed by atoms with Gasteiger partial charge < -0.3 is 5.32 Å². The molecule has 0 saturated carbocycles. The fraction of sp³-hybridized carbons (Fsp3) is 0.0769. The van der Waals surface area contributed by atoms with E-state index in [0.29, 0.717) is 11.6 Å². The number of pyridine rings is 2. The molecule has 0 atom stereocenters. The summed E-state index contributed by atoms with van der Waals surface area (Å²) >= 11 is 6.03. The van der Waals surface area contributed by atoms with Crippen LogP contribution < -0.4 is 5.32 Å². The highest BCUT2D eigenvalue weighted by atomic mass is 35.5. The molecule has 0 fully saturated rings. The molecule has 0 aliphatic carbocycles. The average molecular weight is 454 g/mol. The minimum absolute atomic E-state index is 0.0867. The van der Waals surface area contributed by atoms with E-state index >= 15 is 0 Å². The summed E-state index contributed by atoms with van der Waals surface area (Å²) < 4.78 is 1.65. The summed E-state index contributed by atoms with van der Waals surface area (Å²) in [5, 5.41) is 9.31. The number of hydrogen-bond donors (Lipinski definition) is 1. The van der Waals surface area contributed by atoms with Crippen LogP contribution in [0.3, 0.4) is 0 Å². The van der Waals surface area contributed by atoms with Crippen molar-refractivity contribution in [3.63, 3.8) is 0 Å². The summed E-state index contributed by atoms with van der Waals surface area (Å²) in [5.41, 5.74) is 5.19. The minimum atomic E-state index is -0.142. The summed E-state index contributed by atoms with van der Waals surface area (Å²) in [7, 11) is 0. The van der Waals surface area contributed by atoms with Crippen molar-refractivity contribution < 1.29 is 4.79 Å². The molecule has 0 aliphatic heterocycles. The van der Waals surface area contributed by atoms with Gasteiger partial charge in [0.15, 0.2) is 0 Å². The van der Waals surface area contributed by atoms with Crippen LogP contribution in [-0.2, 0) is 17.9 Å². The fourth-order valence-corrected chi connectivity index (χ4v) is 3.99. The lowest BCUT2D eigenvalue weighted by atomic mass is 10.0. The van der Waals surface area contributed by atoms with Crippen molar-refractivity contribution in [2.75, 3.05) is 0 Å². The number of para-hydroxylation sites is 1. The van der Waals surface area contributed by atoms with Gasteiger partial charge in [-0.15, -0.1) is 0 Å². The summed E-state index contributed by atoms with van der Waals surface area (Å²) in [5.74, 6) is -0.142. The first-order chi connectivity index (χ1) is 16.2. The molecule has 5 rings (SSSR count). The number of aromatic nitrogens is 4. The number of fused-ring (bicyclic) bond motifs is 1. The molecule has 1 amide bonds. The molecule has 0 unspecified atom stereocenters. The Morgan fingerprint density at radius 3 is 2.64 bits per heavy atom. The van der Waals surface area contributed by atoms with E-state index in [1.165, 1.54) is 0 Å². The Morgan fingerprint density at radius 1 is 0.909 bits per heavy atom. The highest BCUT2D eigenvalue weighted by Crippen LogP contribution is 2.34. The molecular weight excluding hydrogens is 434 g/mol. The van der Waals surface area contributed by atoms with Crippen LogP contribution in [0.15, 0.2) is 91.4 Å². The molecule has 0 spiro atoms. The maximum Gasteiger partial charge on any atom is 0.241 e. The van der Waals surface area contributed by atoms with Crippen LogP contribution in [0.25, 0.3) is 33.4 Å². The first kappa shape index (κ1) is 20.8. The number of rotatable bonds is 6. The number of carbonyl (C=O) groups excluding carboxylic acids is 1. The lowest BCUT2D eigenvalue weighted by Crippen LogP contribution is -2.27. The highest BCUT2D eigenvalue weighted by Gasteiger charge is 2.17. The Labute approximate surface area is 195 Å². The fourth-order valence-electron chi connectivity index (χ4n) is 3.77. The van der Waals surface area contributed by atoms with Crippen molar-refractivity contribution in [2.45, 2.75) is 13.1 Å².